The summed E-state index contributed by atoms with van der Waals surface area (Å²) in [5, 5.41) is 1.00. The van der Waals surface area contributed by atoms with Gasteiger partial charge >= 0.3 is 0 Å². The molecular weight excluding hydrogens is 507 g/mol. The molecule has 2 aromatic rings. The van der Waals surface area contributed by atoms with Crippen molar-refractivity contribution in [2.45, 2.75) is 25.3 Å². The first-order valence-corrected chi connectivity index (χ1v) is 12.7. The number of carbonyl (C=O) groups excluding carboxylic acids is 2. The van der Waals surface area contributed by atoms with Crippen molar-refractivity contribution in [3.8, 4) is 0 Å². The average Bonchev–Trinajstić information content (AvgIpc) is 2.83. The lowest BCUT2D eigenvalue weighted by atomic mass is 9.75. The summed E-state index contributed by atoms with van der Waals surface area (Å²) in [7, 11) is 3.20. The molecule has 5 rings (SSSR count). The number of hydrogen-bond donors (Lipinski definition) is 0. The van der Waals surface area contributed by atoms with Gasteiger partial charge in [0.15, 0.2) is 5.11 Å². The summed E-state index contributed by atoms with van der Waals surface area (Å²) in [6, 6.07) is 10.6. The first kappa shape index (κ1) is 24.4. The molecule has 0 saturated carbocycles. The van der Waals surface area contributed by atoms with Crippen molar-refractivity contribution in [2.24, 2.45) is 11.3 Å². The number of rotatable bonds is 4. The smallest absolute Gasteiger partial charge is 0.250 e. The molecule has 4 heterocycles. The van der Waals surface area contributed by atoms with Gasteiger partial charge < -0.3 is 9.47 Å². The van der Waals surface area contributed by atoms with Crippen LogP contribution in [0.1, 0.15) is 23.6 Å². The highest BCUT2D eigenvalue weighted by molar-refractivity contribution is 7.80. The van der Waals surface area contributed by atoms with Gasteiger partial charge in [0, 0.05) is 68.0 Å². The normalized spacial score (nSPS) is 24.1. The quantitative estimate of drug-likeness (QED) is 0.447. The van der Waals surface area contributed by atoms with Crippen LogP contribution < -0.4 is 5.56 Å². The van der Waals surface area contributed by atoms with Crippen molar-refractivity contribution in [1.29, 1.82) is 0 Å². The number of amides is 2. The van der Waals surface area contributed by atoms with Gasteiger partial charge in [-0.05, 0) is 54.7 Å². The lowest BCUT2D eigenvalue weighted by molar-refractivity contribution is -0.157. The minimum Gasteiger partial charge on any atom is -0.312 e. The fourth-order valence-electron chi connectivity index (χ4n) is 5.98. The maximum atomic E-state index is 13.8. The van der Waals surface area contributed by atoms with Gasteiger partial charge in [-0.2, -0.15) is 0 Å². The molecular formula is C25H26Cl2N4O3S. The van der Waals surface area contributed by atoms with Crippen molar-refractivity contribution in [2.75, 3.05) is 33.7 Å². The number of piperidine rings is 1. The maximum absolute atomic E-state index is 13.8. The van der Waals surface area contributed by atoms with Gasteiger partial charge in [0.2, 0.25) is 11.8 Å². The lowest BCUT2D eigenvalue weighted by Crippen LogP contribution is -2.67. The van der Waals surface area contributed by atoms with E-state index in [0.717, 1.165) is 12.1 Å². The Morgan fingerprint density at radius 1 is 0.943 bits per heavy atom. The van der Waals surface area contributed by atoms with Crippen LogP contribution >= 0.6 is 35.4 Å². The zero-order valence-corrected chi connectivity index (χ0v) is 21.9. The molecule has 2 saturated heterocycles. The van der Waals surface area contributed by atoms with E-state index in [4.69, 9.17) is 35.4 Å². The molecule has 1 aromatic heterocycles. The topological polar surface area (TPSA) is 65.9 Å². The molecule has 0 N–H and O–H groups in total. The Balaban J connectivity index is 1.54. The van der Waals surface area contributed by atoms with Crippen LogP contribution in [0.3, 0.4) is 0 Å². The SMILES string of the molecule is CN1C(=O)C(Cc2c(Cl)cccc2Cl)(CN2CC3CC(C2)c2cccc(=O)n2C3)C(=O)N(C)C1=S. The Morgan fingerprint density at radius 2 is 1.57 bits per heavy atom. The molecule has 2 atom stereocenters. The highest BCUT2D eigenvalue weighted by Gasteiger charge is 2.56. The Labute approximate surface area is 219 Å². The van der Waals surface area contributed by atoms with Crippen LogP contribution in [0.15, 0.2) is 41.2 Å². The number of likely N-dealkylation sites (tertiary alicyclic amines) is 1. The highest BCUT2D eigenvalue weighted by Crippen LogP contribution is 2.41. The van der Waals surface area contributed by atoms with Crippen molar-refractivity contribution in [1.82, 2.24) is 19.3 Å². The summed E-state index contributed by atoms with van der Waals surface area (Å²) in [4.78, 5) is 45.0. The number of thiocarbonyl (C=S) groups is 1. The van der Waals surface area contributed by atoms with Crippen LogP contribution in [0, 0.1) is 11.3 Å². The second kappa shape index (κ2) is 9.00. The predicted molar refractivity (Wildman–Crippen MR) is 139 cm³/mol. The van der Waals surface area contributed by atoms with Gasteiger partial charge in [0.25, 0.3) is 5.56 Å². The van der Waals surface area contributed by atoms with Crippen molar-refractivity contribution in [3.05, 3.63) is 68.1 Å². The van der Waals surface area contributed by atoms with E-state index in [-0.39, 0.29) is 47.3 Å². The standard InChI is InChI=1S/C25H26Cl2N4O3S/c1-28-22(33)25(23(34)29(2)24(28)35,10-17-18(26)5-3-6-19(17)27)14-30-11-15-9-16(13-30)20-7-4-8-21(32)31(20)12-15/h3-8,15-16H,9-14H2,1-2H3. The third-order valence-corrected chi connectivity index (χ3v) is 8.85. The molecule has 3 aliphatic heterocycles. The van der Waals surface area contributed by atoms with E-state index in [0.29, 0.717) is 35.2 Å². The van der Waals surface area contributed by atoms with Gasteiger partial charge in [-0.25, -0.2) is 0 Å². The van der Waals surface area contributed by atoms with E-state index in [1.165, 1.54) is 9.80 Å². The van der Waals surface area contributed by atoms with Crippen LogP contribution in [-0.4, -0.2) is 69.9 Å². The summed E-state index contributed by atoms with van der Waals surface area (Å²) in [6.07, 6.45) is 1.05. The van der Waals surface area contributed by atoms with Crippen LogP contribution in [0.4, 0.5) is 0 Å². The summed E-state index contributed by atoms with van der Waals surface area (Å²) in [5.74, 6) is -0.293. The van der Waals surface area contributed by atoms with E-state index >= 15 is 0 Å². The Bertz CT molecular complexity index is 1250. The number of pyridine rings is 1. The first-order chi connectivity index (χ1) is 16.6. The van der Waals surface area contributed by atoms with Crippen LogP contribution in [-0.2, 0) is 22.6 Å². The highest BCUT2D eigenvalue weighted by atomic mass is 35.5. The largest absolute Gasteiger partial charge is 0.312 e. The van der Waals surface area contributed by atoms with Crippen molar-refractivity contribution < 1.29 is 9.59 Å². The number of fused-ring (bicyclic) bond motifs is 4. The number of hydrogen-bond acceptors (Lipinski definition) is 5. The summed E-state index contributed by atoms with van der Waals surface area (Å²) >= 11 is 18.3. The maximum Gasteiger partial charge on any atom is 0.250 e. The number of aromatic nitrogens is 1. The number of carbonyl (C=O) groups is 2. The van der Waals surface area contributed by atoms with Gasteiger partial charge in [-0.3, -0.25) is 24.2 Å². The number of nitrogens with zero attached hydrogens (tertiary/aromatic N) is 4. The number of halogens is 2. The van der Waals surface area contributed by atoms with E-state index in [2.05, 4.69) is 4.90 Å². The predicted octanol–water partition coefficient (Wildman–Crippen LogP) is 3.02. The van der Waals surface area contributed by atoms with Gasteiger partial charge in [0.1, 0.15) is 5.41 Å². The van der Waals surface area contributed by atoms with Crippen molar-refractivity contribution in [3.63, 3.8) is 0 Å². The average molecular weight is 533 g/mol. The van der Waals surface area contributed by atoms with E-state index < -0.39 is 5.41 Å². The molecule has 0 aliphatic carbocycles. The Morgan fingerprint density at radius 3 is 2.23 bits per heavy atom. The fourth-order valence-corrected chi connectivity index (χ4v) is 6.68. The number of benzene rings is 1. The Kier molecular flexibility index (Phi) is 6.28. The molecule has 7 nitrogen and oxygen atoms in total. The van der Waals surface area contributed by atoms with Gasteiger partial charge in [0.05, 0.1) is 0 Å². The zero-order chi connectivity index (χ0) is 25.1. The zero-order valence-electron chi connectivity index (χ0n) is 19.5. The second-order valence-electron chi connectivity index (χ2n) is 9.86. The fraction of sp³-hybridized carbons (Fsp3) is 0.440. The molecule has 2 amide bonds. The van der Waals surface area contributed by atoms with Gasteiger partial charge in [-0.1, -0.05) is 35.3 Å². The molecule has 2 fully saturated rings. The van der Waals surface area contributed by atoms with Crippen LogP contribution in [0.25, 0.3) is 0 Å². The lowest BCUT2D eigenvalue weighted by Gasteiger charge is -2.48. The molecule has 3 aliphatic rings. The third kappa shape index (κ3) is 4.00. The molecule has 2 unspecified atom stereocenters. The van der Waals surface area contributed by atoms with Crippen molar-refractivity contribution >= 4 is 52.3 Å². The molecule has 35 heavy (non-hydrogen) atoms. The Hall–Kier alpha value is -2.26. The third-order valence-electron chi connectivity index (χ3n) is 7.59. The van der Waals surface area contributed by atoms with Gasteiger partial charge in [-0.15, -0.1) is 0 Å². The minimum atomic E-state index is -1.43. The minimum absolute atomic E-state index is 0.0184. The molecule has 184 valence electrons. The molecule has 1 aromatic carbocycles. The molecule has 0 radical (unpaired) electrons. The summed E-state index contributed by atoms with van der Waals surface area (Å²) in [6.45, 7) is 2.19. The summed E-state index contributed by atoms with van der Waals surface area (Å²) < 4.78 is 1.87. The monoisotopic (exact) mass is 532 g/mol. The first-order valence-electron chi connectivity index (χ1n) is 11.6. The molecule has 0 spiro atoms. The molecule has 2 bridgehead atoms. The van der Waals surface area contributed by atoms with Crippen LogP contribution in [0.2, 0.25) is 10.0 Å². The van der Waals surface area contributed by atoms with Crippen LogP contribution in [0.5, 0.6) is 0 Å². The van der Waals surface area contributed by atoms with E-state index in [1.807, 2.05) is 10.6 Å². The second-order valence-corrected chi connectivity index (χ2v) is 11.0. The van der Waals surface area contributed by atoms with E-state index in [9.17, 15) is 14.4 Å². The molecule has 10 heteroatoms. The van der Waals surface area contributed by atoms with E-state index in [1.54, 1.807) is 44.4 Å². The summed E-state index contributed by atoms with van der Waals surface area (Å²) in [5.41, 5.74) is 0.173.